The molecule has 1 heterocycles. The second kappa shape index (κ2) is 10.2. The van der Waals surface area contributed by atoms with Gasteiger partial charge in [-0.15, -0.1) is 0 Å². The highest BCUT2D eigenvalue weighted by Gasteiger charge is 2.29. The van der Waals surface area contributed by atoms with Gasteiger partial charge in [-0.25, -0.2) is 17.5 Å². The van der Waals surface area contributed by atoms with Gasteiger partial charge in [0.2, 0.25) is 10.0 Å². The van der Waals surface area contributed by atoms with E-state index in [0.717, 1.165) is 10.4 Å². The number of likely N-dealkylation sites (tertiary alicyclic amines) is 1. The number of amides is 1. The predicted molar refractivity (Wildman–Crippen MR) is 109 cm³/mol. The molecule has 0 bridgehead atoms. The minimum Gasteiger partial charge on any atom is -0.466 e. The zero-order chi connectivity index (χ0) is 22.5. The molecule has 2 rings (SSSR count). The van der Waals surface area contributed by atoms with E-state index < -0.39 is 22.6 Å². The van der Waals surface area contributed by atoms with Crippen LogP contribution in [0.15, 0.2) is 23.1 Å². The lowest BCUT2D eigenvalue weighted by Gasteiger charge is -2.30. The van der Waals surface area contributed by atoms with Crippen molar-refractivity contribution in [1.82, 2.24) is 9.21 Å². The predicted octanol–water partition coefficient (Wildman–Crippen LogP) is 1.55. The number of esters is 2. The molecule has 0 radical (unpaired) electrons. The van der Waals surface area contributed by atoms with E-state index in [2.05, 4.69) is 0 Å². The van der Waals surface area contributed by atoms with E-state index in [0.29, 0.717) is 32.5 Å². The number of hydrogen-bond donors (Lipinski definition) is 0. The molecule has 1 aromatic carbocycles. The lowest BCUT2D eigenvalue weighted by atomic mass is 9.97. The molecule has 0 aromatic heterocycles. The lowest BCUT2D eigenvalue weighted by molar-refractivity contribution is -0.151. The number of halogens is 1. The summed E-state index contributed by atoms with van der Waals surface area (Å²) in [6.07, 6.45) is 0.975. The van der Waals surface area contributed by atoms with Crippen molar-refractivity contribution in [3.05, 3.63) is 28.8 Å². The van der Waals surface area contributed by atoms with Gasteiger partial charge >= 0.3 is 11.9 Å². The first-order valence-electron chi connectivity index (χ1n) is 9.41. The Morgan fingerprint density at radius 3 is 2.37 bits per heavy atom. The Bertz CT molecular complexity index is 909. The number of nitrogens with zero attached hydrogens (tertiary/aromatic N) is 2. The van der Waals surface area contributed by atoms with Crippen molar-refractivity contribution in [3.63, 3.8) is 0 Å². The fourth-order valence-corrected chi connectivity index (χ4v) is 4.35. The lowest BCUT2D eigenvalue weighted by Crippen LogP contribution is -2.42. The summed E-state index contributed by atoms with van der Waals surface area (Å²) < 4.78 is 35.6. The highest BCUT2D eigenvalue weighted by molar-refractivity contribution is 7.89. The van der Waals surface area contributed by atoms with Gasteiger partial charge in [-0.3, -0.25) is 9.59 Å². The molecular formula is C19H25ClN2O7S. The Morgan fingerprint density at radius 2 is 1.80 bits per heavy atom. The summed E-state index contributed by atoms with van der Waals surface area (Å²) in [5, 5.41) is -0.0270. The van der Waals surface area contributed by atoms with E-state index in [1.54, 1.807) is 6.92 Å². The maximum Gasteiger partial charge on any atom is 0.338 e. The Labute approximate surface area is 180 Å². The zero-order valence-electron chi connectivity index (χ0n) is 17.1. The summed E-state index contributed by atoms with van der Waals surface area (Å²) in [6.45, 7) is 2.31. The fourth-order valence-electron chi connectivity index (χ4n) is 2.95. The molecule has 0 spiro atoms. The molecule has 0 unspecified atom stereocenters. The van der Waals surface area contributed by atoms with E-state index in [1.165, 1.54) is 31.1 Å². The quantitative estimate of drug-likeness (QED) is 0.567. The van der Waals surface area contributed by atoms with Crippen molar-refractivity contribution in [2.45, 2.75) is 24.7 Å². The molecule has 0 N–H and O–H groups in total. The smallest absolute Gasteiger partial charge is 0.338 e. The second-order valence-electron chi connectivity index (χ2n) is 6.92. The molecule has 0 aliphatic carbocycles. The third-order valence-electron chi connectivity index (χ3n) is 4.72. The van der Waals surface area contributed by atoms with Crippen molar-refractivity contribution in [1.29, 1.82) is 0 Å². The number of rotatable bonds is 7. The van der Waals surface area contributed by atoms with Gasteiger partial charge in [-0.2, -0.15) is 0 Å². The number of benzene rings is 1. The summed E-state index contributed by atoms with van der Waals surface area (Å²) >= 11 is 5.96. The molecule has 1 saturated heterocycles. The Kier molecular flexibility index (Phi) is 8.22. The van der Waals surface area contributed by atoms with Gasteiger partial charge in [0.05, 0.1) is 23.1 Å². The Morgan fingerprint density at radius 1 is 1.17 bits per heavy atom. The summed E-state index contributed by atoms with van der Waals surface area (Å²) in [7, 11) is -1.15. The van der Waals surface area contributed by atoms with Crippen LogP contribution in [0.5, 0.6) is 0 Å². The molecule has 166 valence electrons. The van der Waals surface area contributed by atoms with Gasteiger partial charge < -0.3 is 14.4 Å². The normalized spacial score (nSPS) is 15.2. The topological polar surface area (TPSA) is 110 Å². The van der Waals surface area contributed by atoms with E-state index in [-0.39, 0.29) is 33.3 Å². The van der Waals surface area contributed by atoms with E-state index in [4.69, 9.17) is 21.1 Å². The maximum atomic E-state index is 12.3. The van der Waals surface area contributed by atoms with E-state index >= 15 is 0 Å². The first-order chi connectivity index (χ1) is 14.1. The van der Waals surface area contributed by atoms with Crippen LogP contribution in [0.25, 0.3) is 0 Å². The molecule has 1 aromatic rings. The van der Waals surface area contributed by atoms with Crippen LogP contribution in [0.4, 0.5) is 0 Å². The van der Waals surface area contributed by atoms with Crippen LogP contribution >= 0.6 is 11.6 Å². The van der Waals surface area contributed by atoms with Crippen LogP contribution in [0.1, 0.15) is 30.1 Å². The molecule has 11 heteroatoms. The summed E-state index contributed by atoms with van der Waals surface area (Å²) in [4.78, 5) is 37.7. The SMILES string of the molecule is CCOC(=O)C1CCN(C(=O)COC(=O)c2ccc(Cl)c(S(=O)(=O)N(C)C)c2)CC1. The molecule has 1 aliphatic rings. The number of carbonyl (C=O) groups excluding carboxylic acids is 3. The van der Waals surface area contributed by atoms with Crippen LogP contribution in [0.2, 0.25) is 5.02 Å². The maximum absolute atomic E-state index is 12.3. The van der Waals surface area contributed by atoms with Crippen molar-refractivity contribution in [2.75, 3.05) is 40.4 Å². The molecule has 1 amide bonds. The number of ether oxygens (including phenoxy) is 2. The first kappa shape index (κ1) is 24.1. The molecule has 30 heavy (non-hydrogen) atoms. The standard InChI is InChI=1S/C19H25ClN2O7S/c1-4-28-18(24)13-7-9-22(10-8-13)17(23)12-29-19(25)14-5-6-15(20)16(11-14)30(26,27)21(2)3/h5-6,11,13H,4,7-10,12H2,1-3H3. The van der Waals surface area contributed by atoms with Crippen LogP contribution in [-0.2, 0) is 29.1 Å². The van der Waals surface area contributed by atoms with Crippen LogP contribution in [0.3, 0.4) is 0 Å². The summed E-state index contributed by atoms with van der Waals surface area (Å²) in [6, 6.07) is 3.74. The van der Waals surface area contributed by atoms with Crippen LogP contribution < -0.4 is 0 Å². The number of carbonyl (C=O) groups is 3. The highest BCUT2D eigenvalue weighted by Crippen LogP contribution is 2.25. The fraction of sp³-hybridized carbons (Fsp3) is 0.526. The van der Waals surface area contributed by atoms with Gasteiger partial charge in [-0.1, -0.05) is 11.6 Å². The average Bonchev–Trinajstić information content (AvgIpc) is 2.72. The Hall–Kier alpha value is -2.17. The largest absolute Gasteiger partial charge is 0.466 e. The molecule has 9 nitrogen and oxygen atoms in total. The zero-order valence-corrected chi connectivity index (χ0v) is 18.7. The highest BCUT2D eigenvalue weighted by atomic mass is 35.5. The van der Waals surface area contributed by atoms with Gasteiger partial charge in [0.25, 0.3) is 5.91 Å². The molecule has 1 aliphatic heterocycles. The van der Waals surface area contributed by atoms with Crippen molar-refractivity contribution >= 4 is 39.5 Å². The van der Waals surface area contributed by atoms with Crippen molar-refractivity contribution in [3.8, 4) is 0 Å². The van der Waals surface area contributed by atoms with E-state index in [9.17, 15) is 22.8 Å². The minimum atomic E-state index is -3.85. The molecular weight excluding hydrogens is 436 g/mol. The molecule has 0 saturated carbocycles. The summed E-state index contributed by atoms with van der Waals surface area (Å²) in [5.74, 6) is -1.72. The average molecular weight is 461 g/mol. The van der Waals surface area contributed by atoms with Gasteiger partial charge in [-0.05, 0) is 38.0 Å². The third kappa shape index (κ3) is 5.71. The number of sulfonamides is 1. The van der Waals surface area contributed by atoms with Crippen molar-refractivity contribution in [2.24, 2.45) is 5.92 Å². The third-order valence-corrected chi connectivity index (χ3v) is 7.02. The first-order valence-corrected chi connectivity index (χ1v) is 11.2. The minimum absolute atomic E-state index is 0.0270. The monoisotopic (exact) mass is 460 g/mol. The molecule has 1 fully saturated rings. The second-order valence-corrected chi connectivity index (χ2v) is 9.44. The number of hydrogen-bond acceptors (Lipinski definition) is 7. The van der Waals surface area contributed by atoms with Gasteiger partial charge in [0.1, 0.15) is 4.90 Å². The van der Waals surface area contributed by atoms with Crippen LogP contribution in [-0.4, -0.2) is 75.9 Å². The van der Waals surface area contributed by atoms with Gasteiger partial charge in [0.15, 0.2) is 6.61 Å². The van der Waals surface area contributed by atoms with E-state index in [1.807, 2.05) is 0 Å². The Balaban J connectivity index is 1.95. The molecule has 0 atom stereocenters. The van der Waals surface area contributed by atoms with Crippen LogP contribution in [0, 0.1) is 5.92 Å². The van der Waals surface area contributed by atoms with Gasteiger partial charge in [0, 0.05) is 27.2 Å². The number of piperidine rings is 1. The summed E-state index contributed by atoms with van der Waals surface area (Å²) in [5.41, 5.74) is -0.0337. The van der Waals surface area contributed by atoms with Crippen molar-refractivity contribution < 1.29 is 32.3 Å².